The first kappa shape index (κ1) is 21.4. The van der Waals surface area contributed by atoms with Gasteiger partial charge in [0.25, 0.3) is 5.91 Å². The third-order valence-corrected chi connectivity index (χ3v) is 5.22. The number of nitrogens with one attached hydrogen (secondary N) is 1. The predicted molar refractivity (Wildman–Crippen MR) is 115 cm³/mol. The molecule has 0 radical (unpaired) electrons. The highest BCUT2D eigenvalue weighted by molar-refractivity contribution is 6.05. The molecule has 32 heavy (non-hydrogen) atoms. The van der Waals surface area contributed by atoms with Gasteiger partial charge in [-0.05, 0) is 42.8 Å². The van der Waals surface area contributed by atoms with Crippen molar-refractivity contribution >= 4 is 23.3 Å². The lowest BCUT2D eigenvalue weighted by Crippen LogP contribution is -2.49. The molecule has 0 unspecified atom stereocenters. The van der Waals surface area contributed by atoms with E-state index < -0.39 is 17.5 Å². The van der Waals surface area contributed by atoms with Crippen LogP contribution >= 0.6 is 0 Å². The molecule has 0 aromatic heterocycles. The molecular weight excluding hydrogens is 419 g/mol. The highest BCUT2D eigenvalue weighted by Gasteiger charge is 2.27. The number of urea groups is 1. The first-order valence-corrected chi connectivity index (χ1v) is 10.1. The van der Waals surface area contributed by atoms with Crippen molar-refractivity contribution in [3.05, 3.63) is 95.3 Å². The van der Waals surface area contributed by atoms with Crippen molar-refractivity contribution in [2.24, 2.45) is 0 Å². The zero-order valence-electron chi connectivity index (χ0n) is 17.0. The van der Waals surface area contributed by atoms with E-state index in [1.807, 2.05) is 0 Å². The number of carbonyl (C=O) groups is 2. The molecule has 0 spiro atoms. The Morgan fingerprint density at radius 2 is 1.72 bits per heavy atom. The number of carbonyl (C=O) groups excluding carboxylic acids is 2. The van der Waals surface area contributed by atoms with Gasteiger partial charge in [0.15, 0.2) is 0 Å². The van der Waals surface area contributed by atoms with Crippen LogP contribution in [0.25, 0.3) is 0 Å². The molecule has 5 nitrogen and oxygen atoms in total. The van der Waals surface area contributed by atoms with E-state index in [0.29, 0.717) is 42.5 Å². The van der Waals surface area contributed by atoms with Crippen LogP contribution in [0.3, 0.4) is 0 Å². The molecule has 3 aromatic rings. The summed E-state index contributed by atoms with van der Waals surface area (Å²) in [5.74, 6) is -2.83. The zero-order valence-corrected chi connectivity index (χ0v) is 17.0. The highest BCUT2D eigenvalue weighted by Crippen LogP contribution is 2.25. The van der Waals surface area contributed by atoms with Gasteiger partial charge in [-0.3, -0.25) is 9.69 Å². The molecule has 0 bridgehead atoms. The summed E-state index contributed by atoms with van der Waals surface area (Å²) in [6, 6.07) is 15.4. The Kier molecular flexibility index (Phi) is 6.11. The number of hydrogen-bond donors (Lipinski definition) is 1. The molecule has 0 saturated carbocycles. The summed E-state index contributed by atoms with van der Waals surface area (Å²) in [6.45, 7) is 1.13. The summed E-state index contributed by atoms with van der Waals surface area (Å²) < 4.78 is 41.0. The monoisotopic (exact) mass is 439 g/mol. The molecular formula is C24H20F3N3O2. The minimum atomic E-state index is -0.964. The lowest BCUT2D eigenvalue weighted by atomic mass is 10.1. The molecule has 4 rings (SSSR count). The Morgan fingerprint density at radius 1 is 0.906 bits per heavy atom. The van der Waals surface area contributed by atoms with Gasteiger partial charge in [-0.1, -0.05) is 24.3 Å². The zero-order chi connectivity index (χ0) is 22.7. The van der Waals surface area contributed by atoms with Crippen LogP contribution in [0.15, 0.2) is 66.7 Å². The Morgan fingerprint density at radius 3 is 2.50 bits per heavy atom. The first-order chi connectivity index (χ1) is 15.4. The lowest BCUT2D eigenvalue weighted by molar-refractivity contribution is 0.102. The maximum atomic E-state index is 14.0. The number of halogens is 3. The van der Waals surface area contributed by atoms with Crippen LogP contribution in [0, 0.1) is 17.5 Å². The number of amides is 3. The highest BCUT2D eigenvalue weighted by atomic mass is 19.1. The smallest absolute Gasteiger partial charge is 0.322 e. The van der Waals surface area contributed by atoms with Crippen LogP contribution in [-0.2, 0) is 6.54 Å². The Balaban J connectivity index is 1.50. The minimum Gasteiger partial charge on any atom is -0.322 e. The van der Waals surface area contributed by atoms with Gasteiger partial charge in [0, 0.05) is 36.1 Å². The molecule has 1 aliphatic rings. The molecule has 1 aliphatic heterocycles. The van der Waals surface area contributed by atoms with Gasteiger partial charge >= 0.3 is 6.03 Å². The summed E-state index contributed by atoms with van der Waals surface area (Å²) in [7, 11) is 0. The predicted octanol–water partition coefficient (Wildman–Crippen LogP) is 5.19. The fraction of sp³-hybridized carbons (Fsp3) is 0.167. The van der Waals surface area contributed by atoms with Crippen molar-refractivity contribution in [1.29, 1.82) is 0 Å². The average Bonchev–Trinajstić information content (AvgIpc) is 2.77. The van der Waals surface area contributed by atoms with Crippen molar-refractivity contribution in [3.8, 4) is 0 Å². The minimum absolute atomic E-state index is 0.155. The molecule has 8 heteroatoms. The van der Waals surface area contributed by atoms with Gasteiger partial charge in [0.1, 0.15) is 17.5 Å². The largest absolute Gasteiger partial charge is 0.324 e. The van der Waals surface area contributed by atoms with Crippen LogP contribution in [0.1, 0.15) is 22.3 Å². The van der Waals surface area contributed by atoms with Gasteiger partial charge in [-0.15, -0.1) is 0 Å². The molecule has 3 aromatic carbocycles. The maximum Gasteiger partial charge on any atom is 0.324 e. The second-order valence-electron chi connectivity index (χ2n) is 7.43. The van der Waals surface area contributed by atoms with Crippen LogP contribution in [0.4, 0.5) is 29.3 Å². The molecule has 3 amide bonds. The maximum absolute atomic E-state index is 14.0. The van der Waals surface area contributed by atoms with Crippen molar-refractivity contribution in [3.63, 3.8) is 0 Å². The topological polar surface area (TPSA) is 52.7 Å². The fourth-order valence-electron chi connectivity index (χ4n) is 3.62. The molecule has 164 valence electrons. The normalized spacial score (nSPS) is 13.9. The van der Waals surface area contributed by atoms with Crippen LogP contribution in [-0.4, -0.2) is 29.9 Å². The molecule has 1 fully saturated rings. The van der Waals surface area contributed by atoms with Gasteiger partial charge in [0.2, 0.25) is 0 Å². The van der Waals surface area contributed by atoms with Crippen molar-refractivity contribution in [1.82, 2.24) is 4.90 Å². The van der Waals surface area contributed by atoms with E-state index in [1.54, 1.807) is 52.3 Å². The summed E-state index contributed by atoms with van der Waals surface area (Å²) in [6.07, 6.45) is 0.692. The van der Waals surface area contributed by atoms with Crippen LogP contribution < -0.4 is 10.2 Å². The van der Waals surface area contributed by atoms with Gasteiger partial charge < -0.3 is 10.2 Å². The Labute approximate surface area is 183 Å². The quantitative estimate of drug-likeness (QED) is 0.595. The second-order valence-corrected chi connectivity index (χ2v) is 7.43. The van der Waals surface area contributed by atoms with Gasteiger partial charge in [0.05, 0.1) is 12.1 Å². The SMILES string of the molecule is O=C(Nc1cccc(N2CCCN(Cc3ccccc3F)C2=O)c1)c1ccc(F)cc1F. The average molecular weight is 439 g/mol. The summed E-state index contributed by atoms with van der Waals surface area (Å²) >= 11 is 0. The van der Waals surface area contributed by atoms with Crippen molar-refractivity contribution in [2.75, 3.05) is 23.3 Å². The molecule has 0 atom stereocenters. The van der Waals surface area contributed by atoms with E-state index in [2.05, 4.69) is 5.32 Å². The summed E-state index contributed by atoms with van der Waals surface area (Å²) in [4.78, 5) is 28.5. The van der Waals surface area contributed by atoms with Crippen molar-refractivity contribution in [2.45, 2.75) is 13.0 Å². The molecule has 1 heterocycles. The Bertz CT molecular complexity index is 1170. The fourth-order valence-corrected chi connectivity index (χ4v) is 3.62. The molecule has 1 N–H and O–H groups in total. The third-order valence-electron chi connectivity index (χ3n) is 5.22. The number of anilines is 2. The van der Waals surface area contributed by atoms with Gasteiger partial charge in [-0.2, -0.15) is 0 Å². The van der Waals surface area contributed by atoms with E-state index in [-0.39, 0.29) is 24.0 Å². The van der Waals surface area contributed by atoms with Crippen LogP contribution in [0.2, 0.25) is 0 Å². The molecule has 0 aliphatic carbocycles. The number of nitrogens with zero attached hydrogens (tertiary/aromatic N) is 2. The molecule has 1 saturated heterocycles. The number of rotatable bonds is 5. The lowest BCUT2D eigenvalue weighted by Gasteiger charge is -2.36. The van der Waals surface area contributed by atoms with Crippen molar-refractivity contribution < 1.29 is 22.8 Å². The van der Waals surface area contributed by atoms with E-state index in [4.69, 9.17) is 0 Å². The van der Waals surface area contributed by atoms with Crippen LogP contribution in [0.5, 0.6) is 0 Å². The standard InChI is InChI=1S/C24H20F3N3O2/c25-17-9-10-20(22(27)13-17)23(31)28-18-6-3-7-19(14-18)30-12-4-11-29(24(30)32)15-16-5-1-2-8-21(16)26/h1-3,5-10,13-14H,4,11-12,15H2,(H,28,31). The number of hydrogen-bond acceptors (Lipinski definition) is 2. The van der Waals surface area contributed by atoms with E-state index >= 15 is 0 Å². The summed E-state index contributed by atoms with van der Waals surface area (Å²) in [5, 5.41) is 2.57. The Hall–Kier alpha value is -3.81. The van der Waals surface area contributed by atoms with E-state index in [9.17, 15) is 22.8 Å². The van der Waals surface area contributed by atoms with Gasteiger partial charge in [-0.25, -0.2) is 18.0 Å². The van der Waals surface area contributed by atoms with E-state index in [1.165, 1.54) is 6.07 Å². The second kappa shape index (κ2) is 9.13. The summed E-state index contributed by atoms with van der Waals surface area (Å²) in [5.41, 5.74) is 1.05. The first-order valence-electron chi connectivity index (χ1n) is 10.1. The third kappa shape index (κ3) is 4.59. The number of benzene rings is 3. The van der Waals surface area contributed by atoms with E-state index in [0.717, 1.165) is 12.1 Å².